The number of halogens is 1. The second-order valence-electron chi connectivity index (χ2n) is 6.68. The predicted molar refractivity (Wildman–Crippen MR) is 108 cm³/mol. The van der Waals surface area contributed by atoms with E-state index in [0.717, 1.165) is 23.4 Å². The van der Waals surface area contributed by atoms with Gasteiger partial charge in [-0.2, -0.15) is 4.31 Å². The lowest BCUT2D eigenvalue weighted by atomic mass is 10.2. The quantitative estimate of drug-likeness (QED) is 0.725. The number of carbonyl (C=O) groups is 1. The summed E-state index contributed by atoms with van der Waals surface area (Å²) in [6, 6.07) is 10.8. The zero-order valence-electron chi connectivity index (χ0n) is 16.4. The minimum atomic E-state index is -3.83. The molecule has 0 radical (unpaired) electrons. The van der Waals surface area contributed by atoms with Crippen LogP contribution in [0.25, 0.3) is 0 Å². The van der Waals surface area contributed by atoms with Crippen LogP contribution in [0.5, 0.6) is 0 Å². The molecule has 1 aliphatic heterocycles. The van der Waals surface area contributed by atoms with Gasteiger partial charge in [0.2, 0.25) is 10.0 Å². The zero-order chi connectivity index (χ0) is 21.0. The Morgan fingerprint density at radius 3 is 2.45 bits per heavy atom. The van der Waals surface area contributed by atoms with Crippen molar-refractivity contribution in [2.75, 3.05) is 37.9 Å². The molecule has 1 heterocycles. The summed E-state index contributed by atoms with van der Waals surface area (Å²) in [5.74, 6) is -1.51. The van der Waals surface area contributed by atoms with E-state index in [9.17, 15) is 17.6 Å². The molecular weight excluding hydrogens is 397 g/mol. The van der Waals surface area contributed by atoms with Crippen molar-refractivity contribution in [1.82, 2.24) is 9.73 Å². The van der Waals surface area contributed by atoms with E-state index in [0.29, 0.717) is 19.8 Å². The largest absolute Gasteiger partial charge is 0.379 e. The summed E-state index contributed by atoms with van der Waals surface area (Å²) in [5.41, 5.74) is 4.13. The number of amides is 1. The van der Waals surface area contributed by atoms with Gasteiger partial charge in [0.25, 0.3) is 5.91 Å². The number of hydrazine groups is 1. The van der Waals surface area contributed by atoms with Gasteiger partial charge in [-0.05, 0) is 44.2 Å². The summed E-state index contributed by atoms with van der Waals surface area (Å²) in [7, 11) is -3.83. The van der Waals surface area contributed by atoms with Gasteiger partial charge in [0, 0.05) is 19.6 Å². The topological polar surface area (TPSA) is 79.0 Å². The number of aryl methyl sites for hydroxylation is 1. The van der Waals surface area contributed by atoms with E-state index in [1.54, 1.807) is 5.01 Å². The number of benzene rings is 2. The number of nitrogens with zero attached hydrogens (tertiary/aromatic N) is 2. The highest BCUT2D eigenvalue weighted by molar-refractivity contribution is 7.89. The summed E-state index contributed by atoms with van der Waals surface area (Å²) in [6.07, 6.45) is 0. The van der Waals surface area contributed by atoms with Crippen molar-refractivity contribution in [1.29, 1.82) is 0 Å². The number of carbonyl (C=O) groups excluding carboxylic acids is 1. The van der Waals surface area contributed by atoms with Crippen LogP contribution in [0.1, 0.15) is 22.8 Å². The number of rotatable bonds is 6. The monoisotopic (exact) mass is 421 g/mol. The number of hydrogen-bond donors (Lipinski definition) is 1. The van der Waals surface area contributed by atoms with Gasteiger partial charge in [0.15, 0.2) is 0 Å². The summed E-state index contributed by atoms with van der Waals surface area (Å²) in [4.78, 5) is 12.6. The molecule has 2 aromatic rings. The molecule has 1 saturated heterocycles. The van der Waals surface area contributed by atoms with Crippen molar-refractivity contribution in [3.63, 3.8) is 0 Å². The highest BCUT2D eigenvalue weighted by Gasteiger charge is 2.28. The molecule has 2 aromatic carbocycles. The number of morpholine rings is 1. The standard InChI is InChI=1S/C20H24FN3O4S/c1-3-24(16-6-4-15(2)5-7-16)22-20(25)18-14-17(8-9-19(18)21)29(26,27)23-10-12-28-13-11-23/h4-9,14H,3,10-13H2,1-2H3,(H,22,25). The Balaban J connectivity index is 1.85. The van der Waals surface area contributed by atoms with Crippen LogP contribution >= 0.6 is 0 Å². The van der Waals surface area contributed by atoms with Crippen molar-refractivity contribution in [3.05, 3.63) is 59.4 Å². The van der Waals surface area contributed by atoms with E-state index in [4.69, 9.17) is 4.74 Å². The Kier molecular flexibility index (Phi) is 6.51. The molecule has 1 aliphatic rings. The van der Waals surface area contributed by atoms with Gasteiger partial charge in [-0.3, -0.25) is 15.2 Å². The normalized spacial score (nSPS) is 15.1. The maximum Gasteiger partial charge on any atom is 0.272 e. The number of ether oxygens (including phenoxy) is 1. The lowest BCUT2D eigenvalue weighted by molar-refractivity contribution is 0.0730. The summed E-state index contributed by atoms with van der Waals surface area (Å²) >= 11 is 0. The molecule has 1 N–H and O–H groups in total. The first-order valence-corrected chi connectivity index (χ1v) is 10.8. The molecule has 0 saturated carbocycles. The highest BCUT2D eigenvalue weighted by atomic mass is 32.2. The van der Waals surface area contributed by atoms with Crippen LogP contribution < -0.4 is 10.4 Å². The van der Waals surface area contributed by atoms with Gasteiger partial charge in [-0.1, -0.05) is 17.7 Å². The van der Waals surface area contributed by atoms with Crippen molar-refractivity contribution >= 4 is 21.6 Å². The Morgan fingerprint density at radius 2 is 1.83 bits per heavy atom. The first-order valence-electron chi connectivity index (χ1n) is 9.35. The van der Waals surface area contributed by atoms with E-state index in [-0.39, 0.29) is 23.5 Å². The van der Waals surface area contributed by atoms with Crippen LogP contribution in [0.4, 0.5) is 10.1 Å². The van der Waals surface area contributed by atoms with Crippen LogP contribution in [0, 0.1) is 12.7 Å². The minimum absolute atomic E-state index is 0.121. The lowest BCUT2D eigenvalue weighted by Gasteiger charge is -2.26. The molecule has 3 rings (SSSR count). The Morgan fingerprint density at radius 1 is 1.17 bits per heavy atom. The number of hydrogen-bond acceptors (Lipinski definition) is 5. The second-order valence-corrected chi connectivity index (χ2v) is 8.62. The van der Waals surface area contributed by atoms with E-state index in [1.807, 2.05) is 38.1 Å². The zero-order valence-corrected chi connectivity index (χ0v) is 17.2. The Labute approximate surface area is 170 Å². The van der Waals surface area contributed by atoms with Crippen molar-refractivity contribution < 1.29 is 22.3 Å². The van der Waals surface area contributed by atoms with E-state index in [2.05, 4.69) is 5.43 Å². The third-order valence-corrected chi connectivity index (χ3v) is 6.58. The van der Waals surface area contributed by atoms with Crippen LogP contribution in [-0.2, 0) is 14.8 Å². The smallest absolute Gasteiger partial charge is 0.272 e. The van der Waals surface area contributed by atoms with E-state index < -0.39 is 21.7 Å². The maximum atomic E-state index is 14.4. The summed E-state index contributed by atoms with van der Waals surface area (Å²) < 4.78 is 46.4. The van der Waals surface area contributed by atoms with E-state index >= 15 is 0 Å². The molecule has 0 aliphatic carbocycles. The fraction of sp³-hybridized carbons (Fsp3) is 0.350. The maximum absolute atomic E-state index is 14.4. The molecule has 7 nitrogen and oxygen atoms in total. The molecule has 0 bridgehead atoms. The third-order valence-electron chi connectivity index (χ3n) is 4.69. The fourth-order valence-electron chi connectivity index (χ4n) is 3.01. The van der Waals surface area contributed by atoms with Gasteiger partial charge >= 0.3 is 0 Å². The average Bonchev–Trinajstić information content (AvgIpc) is 2.73. The van der Waals surface area contributed by atoms with Crippen molar-refractivity contribution in [3.8, 4) is 0 Å². The predicted octanol–water partition coefficient (Wildman–Crippen LogP) is 2.33. The van der Waals surface area contributed by atoms with Gasteiger partial charge < -0.3 is 4.74 Å². The number of nitrogens with one attached hydrogen (secondary N) is 1. The minimum Gasteiger partial charge on any atom is -0.379 e. The van der Waals surface area contributed by atoms with Crippen LogP contribution in [-0.4, -0.2) is 51.5 Å². The molecule has 9 heteroatoms. The van der Waals surface area contributed by atoms with Gasteiger partial charge in [-0.15, -0.1) is 0 Å². The first-order chi connectivity index (χ1) is 13.8. The lowest BCUT2D eigenvalue weighted by Crippen LogP contribution is -2.43. The first kappa shape index (κ1) is 21.2. The molecule has 29 heavy (non-hydrogen) atoms. The van der Waals surface area contributed by atoms with Crippen molar-refractivity contribution in [2.45, 2.75) is 18.7 Å². The summed E-state index contributed by atoms with van der Waals surface area (Å²) in [5, 5.41) is 1.57. The fourth-order valence-corrected chi connectivity index (χ4v) is 4.44. The molecule has 1 fully saturated rings. The molecule has 0 aromatic heterocycles. The molecule has 0 atom stereocenters. The van der Waals surface area contributed by atoms with Crippen LogP contribution in [0.3, 0.4) is 0 Å². The van der Waals surface area contributed by atoms with Gasteiger partial charge in [-0.25, -0.2) is 12.8 Å². The van der Waals surface area contributed by atoms with E-state index in [1.165, 1.54) is 10.4 Å². The van der Waals surface area contributed by atoms with Gasteiger partial charge in [0.1, 0.15) is 5.82 Å². The molecule has 0 unspecified atom stereocenters. The second kappa shape index (κ2) is 8.89. The van der Waals surface area contributed by atoms with Crippen LogP contribution in [0.15, 0.2) is 47.4 Å². The van der Waals surface area contributed by atoms with Crippen LogP contribution in [0.2, 0.25) is 0 Å². The molecular formula is C20H24FN3O4S. The average molecular weight is 421 g/mol. The summed E-state index contributed by atoms with van der Waals surface area (Å²) in [6.45, 7) is 5.29. The SMILES string of the molecule is CCN(NC(=O)c1cc(S(=O)(=O)N2CCOCC2)ccc1F)c1ccc(C)cc1. The number of anilines is 1. The highest BCUT2D eigenvalue weighted by Crippen LogP contribution is 2.21. The van der Waals surface area contributed by atoms with Crippen molar-refractivity contribution in [2.24, 2.45) is 0 Å². The van der Waals surface area contributed by atoms with Gasteiger partial charge in [0.05, 0.1) is 29.4 Å². The molecule has 156 valence electrons. The third kappa shape index (κ3) is 4.75. The number of sulfonamides is 1. The molecule has 0 spiro atoms. The molecule has 1 amide bonds. The Hall–Kier alpha value is -2.49. The Bertz CT molecular complexity index is 974.